The fourth-order valence-electron chi connectivity index (χ4n) is 2.64. The van der Waals surface area contributed by atoms with Crippen molar-refractivity contribution in [3.63, 3.8) is 0 Å². The van der Waals surface area contributed by atoms with Crippen LogP contribution in [0.1, 0.15) is 19.2 Å². The van der Waals surface area contributed by atoms with Gasteiger partial charge in [0.05, 0.1) is 11.8 Å². The van der Waals surface area contributed by atoms with Crippen LogP contribution in [0.15, 0.2) is 22.6 Å². The Balaban J connectivity index is 1.72. The molecule has 0 saturated carbocycles. The average Bonchev–Trinajstić information content (AvgIpc) is 3.05. The first-order chi connectivity index (χ1) is 10.2. The predicted molar refractivity (Wildman–Crippen MR) is 79.4 cm³/mol. The number of hydrogen-bond donors (Lipinski definition) is 1. The lowest BCUT2D eigenvalue weighted by Gasteiger charge is -2.17. The number of nitrogens with zero attached hydrogens (tertiary/aromatic N) is 2. The third-order valence-corrected chi connectivity index (χ3v) is 3.60. The third-order valence-electron chi connectivity index (χ3n) is 3.60. The topological polar surface area (TPSA) is 67.6 Å². The second kappa shape index (κ2) is 5.73. The van der Waals surface area contributed by atoms with Gasteiger partial charge in [0.25, 0.3) is 0 Å². The summed E-state index contributed by atoms with van der Waals surface area (Å²) in [5.41, 5.74) is 2.04. The fraction of sp³-hybridized carbons (Fsp3) is 0.467. The normalized spacial score (nSPS) is 18.4. The highest BCUT2D eigenvalue weighted by atomic mass is 16.5. The number of carbonyl (C=O) groups is 1. The lowest BCUT2D eigenvalue weighted by molar-refractivity contribution is 0.0716. The standard InChI is InChI=1S/C15H19N3O3/c1-3-20-11-7-8-18(9-11)15(19)17-12-5-4-6-13-14(12)16-10(2)21-13/h4-6,11H,3,7-9H2,1-2H3,(H,17,19)/t11-/m0/s1. The number of aromatic nitrogens is 1. The molecule has 0 spiro atoms. The van der Waals surface area contributed by atoms with Crippen molar-refractivity contribution in [1.29, 1.82) is 0 Å². The first-order valence-corrected chi connectivity index (χ1v) is 7.21. The van der Waals surface area contributed by atoms with E-state index in [-0.39, 0.29) is 12.1 Å². The molecule has 2 heterocycles. The van der Waals surface area contributed by atoms with Gasteiger partial charge in [-0.25, -0.2) is 9.78 Å². The Kier molecular flexibility index (Phi) is 3.79. The van der Waals surface area contributed by atoms with E-state index >= 15 is 0 Å². The number of urea groups is 1. The summed E-state index contributed by atoms with van der Waals surface area (Å²) in [6.07, 6.45) is 1.03. The average molecular weight is 289 g/mol. The van der Waals surface area contributed by atoms with E-state index < -0.39 is 0 Å². The van der Waals surface area contributed by atoms with E-state index in [0.29, 0.717) is 42.4 Å². The Hall–Kier alpha value is -2.08. The molecule has 21 heavy (non-hydrogen) atoms. The van der Waals surface area contributed by atoms with Crippen LogP contribution < -0.4 is 5.32 Å². The highest BCUT2D eigenvalue weighted by Crippen LogP contribution is 2.24. The molecule has 0 radical (unpaired) electrons. The highest BCUT2D eigenvalue weighted by Gasteiger charge is 2.26. The quantitative estimate of drug-likeness (QED) is 0.943. The number of nitrogens with one attached hydrogen (secondary N) is 1. The van der Waals surface area contributed by atoms with E-state index in [1.54, 1.807) is 11.8 Å². The Morgan fingerprint density at radius 3 is 3.24 bits per heavy atom. The molecule has 1 fully saturated rings. The largest absolute Gasteiger partial charge is 0.441 e. The number of benzene rings is 1. The van der Waals surface area contributed by atoms with Crippen LogP contribution >= 0.6 is 0 Å². The zero-order valence-corrected chi connectivity index (χ0v) is 12.3. The maximum absolute atomic E-state index is 12.3. The minimum atomic E-state index is -0.120. The molecule has 0 unspecified atom stereocenters. The van der Waals surface area contributed by atoms with Gasteiger partial charge in [-0.15, -0.1) is 0 Å². The van der Waals surface area contributed by atoms with Gasteiger partial charge in [0.2, 0.25) is 0 Å². The zero-order chi connectivity index (χ0) is 14.8. The number of oxazole rings is 1. The SMILES string of the molecule is CCO[C@H]1CCN(C(=O)Nc2cccc3oc(C)nc23)C1. The predicted octanol–water partition coefficient (Wildman–Crippen LogP) is 2.78. The molecule has 6 heteroatoms. The lowest BCUT2D eigenvalue weighted by atomic mass is 10.3. The van der Waals surface area contributed by atoms with E-state index in [1.165, 1.54) is 0 Å². The molecule has 1 N–H and O–H groups in total. The number of ether oxygens (including phenoxy) is 1. The molecule has 3 rings (SSSR count). The van der Waals surface area contributed by atoms with Crippen molar-refractivity contribution in [2.24, 2.45) is 0 Å². The summed E-state index contributed by atoms with van der Waals surface area (Å²) in [5.74, 6) is 0.587. The van der Waals surface area contributed by atoms with Gasteiger partial charge in [-0.1, -0.05) is 6.07 Å². The van der Waals surface area contributed by atoms with Crippen LogP contribution in [0, 0.1) is 6.92 Å². The van der Waals surface area contributed by atoms with Crippen LogP contribution in [0.2, 0.25) is 0 Å². The summed E-state index contributed by atoms with van der Waals surface area (Å²) in [7, 11) is 0. The molecule has 1 aromatic heterocycles. The number of para-hydroxylation sites is 1. The summed E-state index contributed by atoms with van der Waals surface area (Å²) in [6.45, 7) is 5.78. The molecule has 0 aliphatic carbocycles. The van der Waals surface area contributed by atoms with E-state index in [4.69, 9.17) is 9.15 Å². The molecule has 6 nitrogen and oxygen atoms in total. The van der Waals surface area contributed by atoms with Crippen molar-refractivity contribution in [1.82, 2.24) is 9.88 Å². The third kappa shape index (κ3) is 2.85. The monoisotopic (exact) mass is 289 g/mol. The van der Waals surface area contributed by atoms with Gasteiger partial charge >= 0.3 is 6.03 Å². The van der Waals surface area contributed by atoms with E-state index in [1.807, 2.05) is 25.1 Å². The number of fused-ring (bicyclic) bond motifs is 1. The summed E-state index contributed by atoms with van der Waals surface area (Å²) < 4.78 is 11.0. The van der Waals surface area contributed by atoms with Crippen LogP contribution in [0.25, 0.3) is 11.1 Å². The Morgan fingerprint density at radius 1 is 1.57 bits per heavy atom. The minimum Gasteiger partial charge on any atom is -0.441 e. The number of amides is 2. The molecule has 0 bridgehead atoms. The Bertz CT molecular complexity index is 653. The van der Waals surface area contributed by atoms with Crippen molar-refractivity contribution in [3.8, 4) is 0 Å². The number of hydrogen-bond acceptors (Lipinski definition) is 4. The van der Waals surface area contributed by atoms with E-state index in [9.17, 15) is 4.79 Å². The zero-order valence-electron chi connectivity index (χ0n) is 12.3. The highest BCUT2D eigenvalue weighted by molar-refractivity contribution is 5.98. The molecule has 1 saturated heterocycles. The van der Waals surface area contributed by atoms with Gasteiger partial charge in [0.1, 0.15) is 5.52 Å². The van der Waals surface area contributed by atoms with Gasteiger partial charge < -0.3 is 19.4 Å². The van der Waals surface area contributed by atoms with Crippen molar-refractivity contribution >= 4 is 22.8 Å². The molecular formula is C15H19N3O3. The summed E-state index contributed by atoms with van der Waals surface area (Å²) in [6, 6.07) is 5.39. The first-order valence-electron chi connectivity index (χ1n) is 7.21. The van der Waals surface area contributed by atoms with Gasteiger partial charge in [-0.05, 0) is 25.5 Å². The number of likely N-dealkylation sites (tertiary alicyclic amines) is 1. The van der Waals surface area contributed by atoms with E-state index in [0.717, 1.165) is 6.42 Å². The molecule has 1 aromatic carbocycles. The fourth-order valence-corrected chi connectivity index (χ4v) is 2.64. The van der Waals surface area contributed by atoms with Gasteiger partial charge in [-0.2, -0.15) is 0 Å². The van der Waals surface area contributed by atoms with Crippen LogP contribution in [-0.2, 0) is 4.74 Å². The minimum absolute atomic E-state index is 0.120. The lowest BCUT2D eigenvalue weighted by Crippen LogP contribution is -2.34. The molecule has 1 atom stereocenters. The molecule has 1 aliphatic heterocycles. The van der Waals surface area contributed by atoms with Gasteiger partial charge in [0, 0.05) is 26.6 Å². The van der Waals surface area contributed by atoms with Crippen molar-refractivity contribution in [3.05, 3.63) is 24.1 Å². The molecular weight excluding hydrogens is 270 g/mol. The summed E-state index contributed by atoms with van der Waals surface area (Å²) in [4.78, 5) is 18.4. The smallest absolute Gasteiger partial charge is 0.321 e. The first kappa shape index (κ1) is 13.9. The number of anilines is 1. The number of carbonyl (C=O) groups excluding carboxylic acids is 1. The number of rotatable bonds is 3. The molecule has 112 valence electrons. The second-order valence-electron chi connectivity index (χ2n) is 5.13. The van der Waals surface area contributed by atoms with Crippen LogP contribution in [-0.4, -0.2) is 41.7 Å². The summed E-state index contributed by atoms with van der Waals surface area (Å²) in [5, 5.41) is 2.91. The second-order valence-corrected chi connectivity index (χ2v) is 5.13. The Morgan fingerprint density at radius 2 is 2.43 bits per heavy atom. The number of aryl methyl sites for hydroxylation is 1. The van der Waals surface area contributed by atoms with Gasteiger partial charge in [-0.3, -0.25) is 0 Å². The summed E-state index contributed by atoms with van der Waals surface area (Å²) >= 11 is 0. The Labute approximate surface area is 123 Å². The van der Waals surface area contributed by atoms with E-state index in [2.05, 4.69) is 10.3 Å². The van der Waals surface area contributed by atoms with Crippen LogP contribution in [0.3, 0.4) is 0 Å². The van der Waals surface area contributed by atoms with Crippen LogP contribution in [0.4, 0.5) is 10.5 Å². The maximum atomic E-state index is 12.3. The van der Waals surface area contributed by atoms with Crippen molar-refractivity contribution < 1.29 is 13.9 Å². The van der Waals surface area contributed by atoms with Crippen LogP contribution in [0.5, 0.6) is 0 Å². The van der Waals surface area contributed by atoms with Crippen molar-refractivity contribution in [2.75, 3.05) is 25.0 Å². The van der Waals surface area contributed by atoms with Crippen molar-refractivity contribution in [2.45, 2.75) is 26.4 Å². The molecule has 2 amide bonds. The maximum Gasteiger partial charge on any atom is 0.321 e. The van der Waals surface area contributed by atoms with Gasteiger partial charge in [0.15, 0.2) is 11.5 Å². The molecule has 1 aliphatic rings. The molecule has 2 aromatic rings.